The van der Waals surface area contributed by atoms with E-state index in [2.05, 4.69) is 20.5 Å². The molecule has 0 unspecified atom stereocenters. The van der Waals surface area contributed by atoms with E-state index in [0.717, 1.165) is 31.9 Å². The minimum atomic E-state index is -0.261. The lowest BCUT2D eigenvalue weighted by Gasteiger charge is -2.32. The van der Waals surface area contributed by atoms with E-state index >= 15 is 0 Å². The molecule has 1 saturated carbocycles. The van der Waals surface area contributed by atoms with Crippen LogP contribution in [0.25, 0.3) is 0 Å². The summed E-state index contributed by atoms with van der Waals surface area (Å²) in [4.78, 5) is 18.5. The second-order valence-electron chi connectivity index (χ2n) is 5.43. The van der Waals surface area contributed by atoms with Crippen molar-refractivity contribution < 1.29 is 9.90 Å². The Morgan fingerprint density at radius 2 is 2.10 bits per heavy atom. The lowest BCUT2D eigenvalue weighted by atomic mass is 9.89. The summed E-state index contributed by atoms with van der Waals surface area (Å²) in [6.07, 6.45) is 2.79. The number of aliphatic hydroxyl groups excluding tert-OH is 1. The zero-order valence-electron chi connectivity index (χ0n) is 11.4. The van der Waals surface area contributed by atoms with Gasteiger partial charge >= 0.3 is 0 Å². The molecule has 0 aromatic carbocycles. The predicted octanol–water partition coefficient (Wildman–Crippen LogP) is -0.256. The third-order valence-electron chi connectivity index (χ3n) is 3.91. The van der Waals surface area contributed by atoms with Gasteiger partial charge in [0.05, 0.1) is 18.0 Å². The lowest BCUT2D eigenvalue weighted by molar-refractivity contribution is 0.0560. The van der Waals surface area contributed by atoms with Gasteiger partial charge in [-0.1, -0.05) is 0 Å². The number of rotatable bonds is 3. The highest BCUT2D eigenvalue weighted by Crippen LogP contribution is 2.20. The second kappa shape index (κ2) is 5.76. The van der Waals surface area contributed by atoms with E-state index in [1.807, 2.05) is 6.07 Å². The molecule has 1 aliphatic carbocycles. The number of aliphatic hydroxyl groups is 1. The van der Waals surface area contributed by atoms with Crippen LogP contribution in [0, 0.1) is 0 Å². The van der Waals surface area contributed by atoms with Crippen LogP contribution < -0.4 is 15.5 Å². The van der Waals surface area contributed by atoms with Crippen LogP contribution in [0.1, 0.15) is 23.3 Å². The van der Waals surface area contributed by atoms with Crippen molar-refractivity contribution in [1.82, 2.24) is 15.6 Å². The van der Waals surface area contributed by atoms with Gasteiger partial charge < -0.3 is 20.6 Å². The highest BCUT2D eigenvalue weighted by molar-refractivity contribution is 5.92. The summed E-state index contributed by atoms with van der Waals surface area (Å²) >= 11 is 0. The molecule has 1 aromatic rings. The average molecular weight is 276 g/mol. The van der Waals surface area contributed by atoms with E-state index in [-0.39, 0.29) is 18.1 Å². The third-order valence-corrected chi connectivity index (χ3v) is 3.91. The largest absolute Gasteiger partial charge is 0.393 e. The number of amides is 1. The SMILES string of the molecule is O=C(NC1CC(O)C1)c1ccc(N2CCNCC2)cn1. The molecule has 1 saturated heterocycles. The quantitative estimate of drug-likeness (QED) is 0.709. The molecule has 0 spiro atoms. The van der Waals surface area contributed by atoms with Crippen LogP contribution in [-0.2, 0) is 0 Å². The minimum Gasteiger partial charge on any atom is -0.393 e. The summed E-state index contributed by atoms with van der Waals surface area (Å²) in [5, 5.41) is 15.4. The first kappa shape index (κ1) is 13.3. The maximum atomic E-state index is 12.0. The molecule has 2 fully saturated rings. The molecule has 108 valence electrons. The van der Waals surface area contributed by atoms with Crippen LogP contribution >= 0.6 is 0 Å². The summed E-state index contributed by atoms with van der Waals surface area (Å²) in [6.45, 7) is 3.89. The van der Waals surface area contributed by atoms with Crippen LogP contribution in [0.2, 0.25) is 0 Å². The van der Waals surface area contributed by atoms with Gasteiger partial charge in [0, 0.05) is 32.2 Å². The Morgan fingerprint density at radius 3 is 2.70 bits per heavy atom. The number of piperazine rings is 1. The molecule has 1 amide bonds. The van der Waals surface area contributed by atoms with Crippen LogP contribution in [0.5, 0.6) is 0 Å². The molecule has 1 aromatic heterocycles. The summed E-state index contributed by atoms with van der Waals surface area (Å²) in [7, 11) is 0. The van der Waals surface area contributed by atoms with Gasteiger partial charge in [-0.2, -0.15) is 0 Å². The fourth-order valence-electron chi connectivity index (χ4n) is 2.60. The number of aromatic nitrogens is 1. The Morgan fingerprint density at radius 1 is 1.35 bits per heavy atom. The Hall–Kier alpha value is -1.66. The third kappa shape index (κ3) is 2.91. The zero-order valence-corrected chi connectivity index (χ0v) is 11.4. The maximum Gasteiger partial charge on any atom is 0.270 e. The van der Waals surface area contributed by atoms with E-state index in [1.165, 1.54) is 0 Å². The first-order valence-corrected chi connectivity index (χ1v) is 7.13. The Kier molecular flexibility index (Phi) is 3.84. The van der Waals surface area contributed by atoms with Crippen LogP contribution in [-0.4, -0.2) is 54.3 Å². The van der Waals surface area contributed by atoms with Crippen molar-refractivity contribution in [2.24, 2.45) is 0 Å². The summed E-state index contributed by atoms with van der Waals surface area (Å²) in [5.41, 5.74) is 1.49. The van der Waals surface area contributed by atoms with Crippen molar-refractivity contribution >= 4 is 11.6 Å². The van der Waals surface area contributed by atoms with E-state index in [4.69, 9.17) is 0 Å². The smallest absolute Gasteiger partial charge is 0.270 e. The topological polar surface area (TPSA) is 77.5 Å². The van der Waals surface area contributed by atoms with Crippen molar-refractivity contribution in [3.8, 4) is 0 Å². The van der Waals surface area contributed by atoms with Gasteiger partial charge in [-0.05, 0) is 25.0 Å². The molecule has 2 aliphatic rings. The Balaban J connectivity index is 1.58. The Bertz CT molecular complexity index is 465. The van der Waals surface area contributed by atoms with Crippen LogP contribution in [0.3, 0.4) is 0 Å². The van der Waals surface area contributed by atoms with E-state index in [9.17, 15) is 9.90 Å². The number of nitrogens with one attached hydrogen (secondary N) is 2. The molecule has 1 aliphatic heterocycles. The number of hydrogen-bond donors (Lipinski definition) is 3. The Labute approximate surface area is 118 Å². The van der Waals surface area contributed by atoms with E-state index in [1.54, 1.807) is 12.3 Å². The lowest BCUT2D eigenvalue weighted by Crippen LogP contribution is -2.47. The first-order valence-electron chi connectivity index (χ1n) is 7.13. The minimum absolute atomic E-state index is 0.0899. The van der Waals surface area contributed by atoms with Crippen LogP contribution in [0.4, 0.5) is 5.69 Å². The fraction of sp³-hybridized carbons (Fsp3) is 0.571. The van der Waals surface area contributed by atoms with Gasteiger partial charge in [0.1, 0.15) is 5.69 Å². The summed E-state index contributed by atoms with van der Waals surface area (Å²) in [6, 6.07) is 3.80. The molecule has 6 heteroatoms. The van der Waals surface area contributed by atoms with Crippen molar-refractivity contribution in [2.75, 3.05) is 31.1 Å². The molecule has 20 heavy (non-hydrogen) atoms. The van der Waals surface area contributed by atoms with Crippen molar-refractivity contribution in [3.05, 3.63) is 24.0 Å². The first-order chi connectivity index (χ1) is 9.72. The maximum absolute atomic E-state index is 12.0. The van der Waals surface area contributed by atoms with Gasteiger partial charge in [-0.25, -0.2) is 4.98 Å². The van der Waals surface area contributed by atoms with Gasteiger partial charge in [0.25, 0.3) is 5.91 Å². The number of nitrogens with zero attached hydrogens (tertiary/aromatic N) is 2. The molecular formula is C14H20N4O2. The molecule has 6 nitrogen and oxygen atoms in total. The molecule has 0 radical (unpaired) electrons. The second-order valence-corrected chi connectivity index (χ2v) is 5.43. The number of carbonyl (C=O) groups excluding carboxylic acids is 1. The fourth-order valence-corrected chi connectivity index (χ4v) is 2.60. The van der Waals surface area contributed by atoms with Gasteiger partial charge in [-0.15, -0.1) is 0 Å². The zero-order chi connectivity index (χ0) is 13.9. The van der Waals surface area contributed by atoms with E-state index < -0.39 is 0 Å². The monoisotopic (exact) mass is 276 g/mol. The average Bonchev–Trinajstić information content (AvgIpc) is 2.47. The molecule has 0 atom stereocenters. The number of pyridine rings is 1. The number of carbonyl (C=O) groups is 1. The molecule has 2 heterocycles. The van der Waals surface area contributed by atoms with Gasteiger partial charge in [0.15, 0.2) is 0 Å². The van der Waals surface area contributed by atoms with Crippen molar-refractivity contribution in [3.63, 3.8) is 0 Å². The highest BCUT2D eigenvalue weighted by atomic mass is 16.3. The predicted molar refractivity (Wildman–Crippen MR) is 75.8 cm³/mol. The normalized spacial score (nSPS) is 25.9. The van der Waals surface area contributed by atoms with Crippen LogP contribution in [0.15, 0.2) is 18.3 Å². The molecule has 3 N–H and O–H groups in total. The highest BCUT2D eigenvalue weighted by Gasteiger charge is 2.28. The van der Waals surface area contributed by atoms with Crippen molar-refractivity contribution in [2.45, 2.75) is 25.0 Å². The van der Waals surface area contributed by atoms with Gasteiger partial charge in [0.2, 0.25) is 0 Å². The number of anilines is 1. The summed E-state index contributed by atoms with van der Waals surface area (Å²) in [5.74, 6) is -0.159. The molecular weight excluding hydrogens is 256 g/mol. The number of hydrogen-bond acceptors (Lipinski definition) is 5. The molecule has 0 bridgehead atoms. The summed E-state index contributed by atoms with van der Waals surface area (Å²) < 4.78 is 0. The standard InChI is InChI=1S/C14H20N4O2/c19-12-7-10(8-12)17-14(20)13-2-1-11(9-16-13)18-5-3-15-4-6-18/h1-2,9-10,12,15,19H,3-8H2,(H,17,20). The van der Waals surface area contributed by atoms with Crippen molar-refractivity contribution in [1.29, 1.82) is 0 Å². The van der Waals surface area contributed by atoms with Gasteiger partial charge in [-0.3, -0.25) is 4.79 Å². The molecule has 3 rings (SSSR count). The van der Waals surface area contributed by atoms with E-state index in [0.29, 0.717) is 18.5 Å².